The highest BCUT2D eigenvalue weighted by atomic mass is 32.2. The lowest BCUT2D eigenvalue weighted by atomic mass is 10.4. The molecule has 7 heteroatoms. The number of rotatable bonds is 4. The summed E-state index contributed by atoms with van der Waals surface area (Å²) in [4.78, 5) is 11.1. The van der Waals surface area contributed by atoms with Crippen molar-refractivity contribution in [2.45, 2.75) is 12.1 Å². The van der Waals surface area contributed by atoms with Crippen molar-refractivity contribution in [1.29, 1.82) is 0 Å². The van der Waals surface area contributed by atoms with Gasteiger partial charge in [-0.05, 0) is 23.9 Å². The molecule has 17 heavy (non-hydrogen) atoms. The molecule has 1 N–H and O–H groups in total. The maximum atomic E-state index is 11.0. The summed E-state index contributed by atoms with van der Waals surface area (Å²) in [6.07, 6.45) is 2.86. The van der Waals surface area contributed by atoms with E-state index < -0.39 is 5.97 Å². The van der Waals surface area contributed by atoms with Crippen molar-refractivity contribution in [2.75, 3.05) is 0 Å². The predicted molar refractivity (Wildman–Crippen MR) is 59.2 cm³/mol. The van der Waals surface area contributed by atoms with Gasteiger partial charge in [-0.25, -0.2) is 4.79 Å². The van der Waals surface area contributed by atoms with Crippen molar-refractivity contribution in [2.24, 2.45) is 0 Å². The zero-order chi connectivity index (χ0) is 12.3. The van der Waals surface area contributed by atoms with Gasteiger partial charge in [-0.3, -0.25) is 0 Å². The molecule has 0 spiro atoms. The normalized spacial score (nSPS) is 11.7. The number of hydrogen-bond donors (Lipinski definition) is 1. The molecule has 0 saturated carbocycles. The van der Waals surface area contributed by atoms with Crippen molar-refractivity contribution in [1.82, 2.24) is 10.2 Å². The predicted octanol–water partition coefficient (Wildman–Crippen LogP) is 2.19. The van der Waals surface area contributed by atoms with Gasteiger partial charge in [0.25, 0.3) is 5.22 Å². The van der Waals surface area contributed by atoms with E-state index in [0.29, 0.717) is 11.7 Å². The molecule has 2 aromatic heterocycles. The van der Waals surface area contributed by atoms with E-state index in [1.807, 2.05) is 0 Å². The second-order valence-corrected chi connectivity index (χ2v) is 4.01. The lowest BCUT2D eigenvalue weighted by Crippen LogP contribution is -1.96. The third-order valence-corrected chi connectivity index (χ3v) is 2.58. The van der Waals surface area contributed by atoms with E-state index >= 15 is 0 Å². The molecular formula is C10H8N2O4S. The van der Waals surface area contributed by atoms with E-state index in [1.165, 1.54) is 12.3 Å². The highest BCUT2D eigenvalue weighted by Gasteiger charge is 2.14. The van der Waals surface area contributed by atoms with Gasteiger partial charge in [0.05, 0.1) is 6.26 Å². The van der Waals surface area contributed by atoms with Crippen LogP contribution in [0.15, 0.2) is 37.4 Å². The Morgan fingerprint density at radius 2 is 2.35 bits per heavy atom. The van der Waals surface area contributed by atoms with Crippen LogP contribution in [0.4, 0.5) is 0 Å². The van der Waals surface area contributed by atoms with Gasteiger partial charge in [0.2, 0.25) is 5.89 Å². The summed E-state index contributed by atoms with van der Waals surface area (Å²) in [6, 6.07) is 3.33. The number of furan rings is 1. The van der Waals surface area contributed by atoms with E-state index in [0.717, 1.165) is 11.8 Å². The van der Waals surface area contributed by atoms with Gasteiger partial charge in [0.15, 0.2) is 0 Å². The molecule has 0 unspecified atom stereocenters. The highest BCUT2D eigenvalue weighted by molar-refractivity contribution is 8.03. The first kappa shape index (κ1) is 11.5. The lowest BCUT2D eigenvalue weighted by Gasteiger charge is -1.96. The van der Waals surface area contributed by atoms with Crippen LogP contribution in [0.5, 0.6) is 0 Å². The number of nitrogens with zero attached hydrogens (tertiary/aromatic N) is 2. The summed E-state index contributed by atoms with van der Waals surface area (Å²) in [5.74, 6) is -0.247. The molecule has 0 aromatic carbocycles. The molecule has 0 aliphatic carbocycles. The standard InChI is InChI=1S/C10H8N2O4S/c1-6-11-12-10(16-6)17-8(9(13)14)5-7-3-2-4-15-7/h2-5H,1H3,(H,13,14)/b8-5-. The van der Waals surface area contributed by atoms with Crippen LogP contribution in [-0.4, -0.2) is 21.3 Å². The Kier molecular flexibility index (Phi) is 3.29. The molecule has 88 valence electrons. The summed E-state index contributed by atoms with van der Waals surface area (Å²) in [7, 11) is 0. The number of carboxylic acids is 1. The number of hydrogen-bond acceptors (Lipinski definition) is 6. The van der Waals surface area contributed by atoms with Crippen LogP contribution in [0.25, 0.3) is 6.08 Å². The first-order valence-corrected chi connectivity index (χ1v) is 5.43. The fraction of sp³-hybridized carbons (Fsp3) is 0.100. The number of aromatic nitrogens is 2. The fourth-order valence-corrected chi connectivity index (χ4v) is 1.75. The van der Waals surface area contributed by atoms with Gasteiger partial charge in [-0.2, -0.15) is 0 Å². The molecular weight excluding hydrogens is 244 g/mol. The Morgan fingerprint density at radius 1 is 1.53 bits per heavy atom. The Morgan fingerprint density at radius 3 is 2.88 bits per heavy atom. The maximum Gasteiger partial charge on any atom is 0.342 e. The molecule has 2 aromatic rings. The SMILES string of the molecule is Cc1nnc(S/C(=C\c2ccco2)C(=O)O)o1. The molecule has 2 rings (SSSR count). The summed E-state index contributed by atoms with van der Waals surface area (Å²) >= 11 is 0.877. The topological polar surface area (TPSA) is 89.4 Å². The molecule has 0 saturated heterocycles. The van der Waals surface area contributed by atoms with E-state index in [4.69, 9.17) is 13.9 Å². The first-order chi connectivity index (χ1) is 8.15. The van der Waals surface area contributed by atoms with Gasteiger partial charge < -0.3 is 13.9 Å². The van der Waals surface area contributed by atoms with Crippen LogP contribution >= 0.6 is 11.8 Å². The van der Waals surface area contributed by atoms with Crippen molar-refractivity contribution in [3.8, 4) is 0 Å². The summed E-state index contributed by atoms with van der Waals surface area (Å²) in [5, 5.41) is 16.5. The van der Waals surface area contributed by atoms with Gasteiger partial charge in [-0.15, -0.1) is 10.2 Å². The molecule has 0 radical (unpaired) electrons. The van der Waals surface area contributed by atoms with Crippen molar-refractivity contribution in [3.63, 3.8) is 0 Å². The van der Waals surface area contributed by atoms with Crippen LogP contribution in [0, 0.1) is 6.92 Å². The van der Waals surface area contributed by atoms with Crippen LogP contribution in [-0.2, 0) is 4.79 Å². The van der Waals surface area contributed by atoms with Crippen molar-refractivity contribution < 1.29 is 18.7 Å². The van der Waals surface area contributed by atoms with Gasteiger partial charge in [0, 0.05) is 13.0 Å². The van der Waals surface area contributed by atoms with Crippen LogP contribution < -0.4 is 0 Å². The average Bonchev–Trinajstić information content (AvgIpc) is 2.89. The number of aliphatic carboxylic acids is 1. The van der Waals surface area contributed by atoms with Gasteiger partial charge in [-0.1, -0.05) is 0 Å². The van der Waals surface area contributed by atoms with E-state index in [1.54, 1.807) is 19.1 Å². The number of thioether (sulfide) groups is 1. The molecule has 0 bridgehead atoms. The molecule has 2 heterocycles. The minimum atomic E-state index is -1.08. The monoisotopic (exact) mass is 252 g/mol. The van der Waals surface area contributed by atoms with Crippen LogP contribution in [0.2, 0.25) is 0 Å². The Bertz CT molecular complexity index is 544. The van der Waals surface area contributed by atoms with E-state index in [9.17, 15) is 4.79 Å². The average molecular weight is 252 g/mol. The Hall–Kier alpha value is -2.02. The second-order valence-electron chi connectivity index (χ2n) is 3.02. The van der Waals surface area contributed by atoms with Gasteiger partial charge in [0.1, 0.15) is 10.7 Å². The Labute approximate surface area is 100 Å². The van der Waals surface area contributed by atoms with E-state index in [-0.39, 0.29) is 10.1 Å². The molecule has 0 aliphatic heterocycles. The van der Waals surface area contributed by atoms with Crippen molar-refractivity contribution in [3.05, 3.63) is 35.0 Å². The number of aryl methyl sites for hydroxylation is 1. The quantitative estimate of drug-likeness (QED) is 0.658. The molecule has 0 amide bonds. The zero-order valence-corrected chi connectivity index (χ0v) is 9.60. The number of carbonyl (C=O) groups is 1. The third kappa shape index (κ3) is 2.97. The summed E-state index contributed by atoms with van der Waals surface area (Å²) in [6.45, 7) is 1.63. The third-order valence-electron chi connectivity index (χ3n) is 1.73. The van der Waals surface area contributed by atoms with E-state index in [2.05, 4.69) is 10.2 Å². The molecule has 0 aliphatic rings. The molecule has 6 nitrogen and oxygen atoms in total. The van der Waals surface area contributed by atoms with Crippen molar-refractivity contribution >= 4 is 23.8 Å². The fourth-order valence-electron chi connectivity index (χ4n) is 1.05. The minimum Gasteiger partial charge on any atom is -0.477 e. The Balaban J connectivity index is 2.21. The minimum absolute atomic E-state index is 0.0450. The zero-order valence-electron chi connectivity index (χ0n) is 8.78. The first-order valence-electron chi connectivity index (χ1n) is 4.61. The second kappa shape index (κ2) is 4.88. The van der Waals surface area contributed by atoms with Crippen LogP contribution in [0.1, 0.15) is 11.7 Å². The largest absolute Gasteiger partial charge is 0.477 e. The van der Waals surface area contributed by atoms with Gasteiger partial charge >= 0.3 is 5.97 Å². The van der Waals surface area contributed by atoms with Crippen LogP contribution in [0.3, 0.4) is 0 Å². The maximum absolute atomic E-state index is 11.0. The molecule has 0 fully saturated rings. The number of carboxylic acid groups (broad SMARTS) is 1. The lowest BCUT2D eigenvalue weighted by molar-refractivity contribution is -0.131. The summed E-state index contributed by atoms with van der Waals surface area (Å²) < 4.78 is 10.1. The molecule has 0 atom stereocenters. The summed E-state index contributed by atoms with van der Waals surface area (Å²) in [5.41, 5.74) is 0. The smallest absolute Gasteiger partial charge is 0.342 e. The highest BCUT2D eigenvalue weighted by Crippen LogP contribution is 2.27.